The fourth-order valence-corrected chi connectivity index (χ4v) is 5.23. The lowest BCUT2D eigenvalue weighted by Gasteiger charge is -2.37. The predicted octanol–water partition coefficient (Wildman–Crippen LogP) is 1.70. The Labute approximate surface area is 169 Å². The molecular weight excluding hydrogens is 392 g/mol. The highest BCUT2D eigenvalue weighted by Crippen LogP contribution is 2.35. The number of piperidine rings is 1. The number of carbonyl (C=O) groups is 1. The van der Waals surface area contributed by atoms with Gasteiger partial charge in [-0.15, -0.1) is 0 Å². The van der Waals surface area contributed by atoms with Crippen LogP contribution in [-0.2, 0) is 26.2 Å². The normalized spacial score (nSPS) is 22.1. The molecule has 29 heavy (non-hydrogen) atoms. The van der Waals surface area contributed by atoms with Crippen molar-refractivity contribution in [1.29, 1.82) is 0 Å². The number of nitrogens with one attached hydrogen (secondary N) is 1. The fourth-order valence-electron chi connectivity index (χ4n) is 3.65. The molecule has 1 aromatic heterocycles. The number of carbonyl (C=O) groups excluding carboxylic acids is 1. The van der Waals surface area contributed by atoms with Crippen molar-refractivity contribution in [2.75, 3.05) is 13.1 Å². The molecule has 1 saturated heterocycles. The first-order valence-corrected chi connectivity index (χ1v) is 10.9. The number of sulfonamides is 1. The van der Waals surface area contributed by atoms with E-state index in [0.29, 0.717) is 25.9 Å². The van der Waals surface area contributed by atoms with E-state index in [0.717, 1.165) is 5.56 Å². The van der Waals surface area contributed by atoms with Crippen LogP contribution in [0, 0.1) is 0 Å². The lowest BCUT2D eigenvalue weighted by atomic mass is 9.89. The van der Waals surface area contributed by atoms with Crippen molar-refractivity contribution in [2.24, 2.45) is 5.16 Å². The Hall–Kier alpha value is -2.78. The fraction of sp³-hybridized carbons (Fsp3) is 0.350. The number of aromatic nitrogens is 1. The van der Waals surface area contributed by atoms with Crippen molar-refractivity contribution in [2.45, 2.75) is 36.3 Å². The van der Waals surface area contributed by atoms with Crippen LogP contribution in [0.5, 0.6) is 0 Å². The Kier molecular flexibility index (Phi) is 5.33. The van der Waals surface area contributed by atoms with Crippen LogP contribution in [0.1, 0.15) is 24.8 Å². The molecule has 1 amide bonds. The van der Waals surface area contributed by atoms with E-state index in [9.17, 15) is 13.2 Å². The third kappa shape index (κ3) is 4.15. The molecule has 1 fully saturated rings. The summed E-state index contributed by atoms with van der Waals surface area (Å²) < 4.78 is 27.3. The van der Waals surface area contributed by atoms with Gasteiger partial charge in [0.25, 0.3) is 5.91 Å². The molecule has 0 aliphatic carbocycles. The molecule has 152 valence electrons. The standard InChI is InChI=1S/C20H22N4O4S/c25-19(22-14-16-6-4-10-21-13-16)18-12-20(28-23-18)9-5-11-24(15-20)29(26,27)17-7-2-1-3-8-17/h1-4,6-8,10,13H,5,9,11-12,14-15H2,(H,22,25)/t20-/m1/s1. The second-order valence-electron chi connectivity index (χ2n) is 7.29. The van der Waals surface area contributed by atoms with Crippen molar-refractivity contribution in [3.05, 3.63) is 60.4 Å². The summed E-state index contributed by atoms with van der Waals surface area (Å²) in [6.07, 6.45) is 4.93. The summed E-state index contributed by atoms with van der Waals surface area (Å²) in [6.45, 7) is 0.936. The van der Waals surface area contributed by atoms with E-state index in [4.69, 9.17) is 4.84 Å². The molecule has 1 atom stereocenters. The monoisotopic (exact) mass is 414 g/mol. The maximum atomic E-state index is 12.9. The van der Waals surface area contributed by atoms with Gasteiger partial charge in [-0.3, -0.25) is 9.78 Å². The molecule has 1 N–H and O–H groups in total. The zero-order chi connectivity index (χ0) is 20.3. The number of benzene rings is 1. The van der Waals surface area contributed by atoms with Crippen LogP contribution < -0.4 is 5.32 Å². The first-order chi connectivity index (χ1) is 14.0. The van der Waals surface area contributed by atoms with Gasteiger partial charge in [0.1, 0.15) is 5.71 Å². The molecule has 3 heterocycles. The molecule has 1 aromatic carbocycles. The SMILES string of the molecule is O=C(NCc1cccnc1)C1=NO[C@]2(CCCN(S(=O)(=O)c3ccccc3)C2)C1. The highest BCUT2D eigenvalue weighted by atomic mass is 32.2. The number of rotatable bonds is 5. The first kappa shape index (κ1) is 19.5. The van der Waals surface area contributed by atoms with Gasteiger partial charge in [0.15, 0.2) is 5.60 Å². The molecule has 1 spiro atoms. The molecular formula is C20H22N4O4S. The van der Waals surface area contributed by atoms with Crippen molar-refractivity contribution in [1.82, 2.24) is 14.6 Å². The Balaban J connectivity index is 1.40. The molecule has 2 aromatic rings. The smallest absolute Gasteiger partial charge is 0.269 e. The molecule has 4 rings (SSSR count). The van der Waals surface area contributed by atoms with E-state index in [2.05, 4.69) is 15.5 Å². The van der Waals surface area contributed by atoms with Crippen molar-refractivity contribution < 1.29 is 18.0 Å². The minimum atomic E-state index is -3.61. The van der Waals surface area contributed by atoms with Gasteiger partial charge >= 0.3 is 0 Å². The average molecular weight is 414 g/mol. The van der Waals surface area contributed by atoms with Crippen LogP contribution in [0.15, 0.2) is 64.9 Å². The van der Waals surface area contributed by atoms with Gasteiger partial charge in [0, 0.05) is 31.9 Å². The van der Waals surface area contributed by atoms with E-state index >= 15 is 0 Å². The van der Waals surface area contributed by atoms with Gasteiger partial charge < -0.3 is 10.2 Å². The van der Waals surface area contributed by atoms with Crippen molar-refractivity contribution >= 4 is 21.6 Å². The second-order valence-corrected chi connectivity index (χ2v) is 9.23. The van der Waals surface area contributed by atoms with Crippen LogP contribution in [-0.4, -0.2) is 48.0 Å². The summed E-state index contributed by atoms with van der Waals surface area (Å²) in [6, 6.07) is 12.0. The molecule has 0 bridgehead atoms. The van der Waals surface area contributed by atoms with E-state index < -0.39 is 15.6 Å². The third-order valence-corrected chi connectivity index (χ3v) is 7.02. The highest BCUT2D eigenvalue weighted by molar-refractivity contribution is 7.89. The second kappa shape index (κ2) is 7.92. The summed E-state index contributed by atoms with van der Waals surface area (Å²) in [5, 5.41) is 6.79. The number of pyridine rings is 1. The van der Waals surface area contributed by atoms with Crippen LogP contribution in [0.4, 0.5) is 0 Å². The molecule has 9 heteroatoms. The average Bonchev–Trinajstić information content (AvgIpc) is 3.16. The van der Waals surface area contributed by atoms with Crippen LogP contribution in [0.2, 0.25) is 0 Å². The van der Waals surface area contributed by atoms with E-state index in [1.165, 1.54) is 4.31 Å². The Morgan fingerprint density at radius 3 is 2.79 bits per heavy atom. The first-order valence-electron chi connectivity index (χ1n) is 9.46. The zero-order valence-corrected chi connectivity index (χ0v) is 16.6. The van der Waals surface area contributed by atoms with Crippen molar-refractivity contribution in [3.63, 3.8) is 0 Å². The van der Waals surface area contributed by atoms with E-state index in [1.807, 2.05) is 6.07 Å². The molecule has 2 aliphatic heterocycles. The number of amides is 1. The number of hydrogen-bond donors (Lipinski definition) is 1. The van der Waals surface area contributed by atoms with Gasteiger partial charge in [-0.25, -0.2) is 8.42 Å². The van der Waals surface area contributed by atoms with Crippen LogP contribution in [0.25, 0.3) is 0 Å². The third-order valence-electron chi connectivity index (χ3n) is 5.16. The molecule has 0 radical (unpaired) electrons. The van der Waals surface area contributed by atoms with E-state index in [1.54, 1.807) is 48.8 Å². The van der Waals surface area contributed by atoms with Crippen molar-refractivity contribution in [3.8, 4) is 0 Å². The van der Waals surface area contributed by atoms with E-state index in [-0.39, 0.29) is 29.5 Å². The summed E-state index contributed by atoms with van der Waals surface area (Å²) in [4.78, 5) is 22.4. The Bertz CT molecular complexity index is 1010. The Morgan fingerprint density at radius 1 is 1.21 bits per heavy atom. The topological polar surface area (TPSA) is 101 Å². The molecule has 2 aliphatic rings. The lowest BCUT2D eigenvalue weighted by Crippen LogP contribution is -2.50. The maximum absolute atomic E-state index is 12.9. The summed E-state index contributed by atoms with van der Waals surface area (Å²) in [5.74, 6) is -0.311. The van der Waals surface area contributed by atoms with Gasteiger partial charge in [0.2, 0.25) is 10.0 Å². The lowest BCUT2D eigenvalue weighted by molar-refractivity contribution is -0.115. The van der Waals surface area contributed by atoms with Crippen LogP contribution >= 0.6 is 0 Å². The van der Waals surface area contributed by atoms with Gasteiger partial charge in [-0.2, -0.15) is 4.31 Å². The van der Waals surface area contributed by atoms with Gasteiger partial charge in [0.05, 0.1) is 11.4 Å². The summed E-state index contributed by atoms with van der Waals surface area (Å²) >= 11 is 0. The quantitative estimate of drug-likeness (QED) is 0.803. The predicted molar refractivity (Wildman–Crippen MR) is 106 cm³/mol. The van der Waals surface area contributed by atoms with Gasteiger partial charge in [-0.1, -0.05) is 29.4 Å². The zero-order valence-electron chi connectivity index (χ0n) is 15.8. The number of oxime groups is 1. The highest BCUT2D eigenvalue weighted by Gasteiger charge is 2.47. The summed E-state index contributed by atoms with van der Waals surface area (Å²) in [5.41, 5.74) is 0.377. The minimum Gasteiger partial charge on any atom is -0.387 e. The molecule has 0 unspecified atom stereocenters. The largest absolute Gasteiger partial charge is 0.387 e. The molecule has 0 saturated carbocycles. The number of nitrogens with zero attached hydrogens (tertiary/aromatic N) is 3. The molecule has 8 nitrogen and oxygen atoms in total. The summed E-state index contributed by atoms with van der Waals surface area (Å²) in [7, 11) is -3.61. The maximum Gasteiger partial charge on any atom is 0.269 e. The Morgan fingerprint density at radius 2 is 2.03 bits per heavy atom. The minimum absolute atomic E-state index is 0.174. The van der Waals surface area contributed by atoms with Gasteiger partial charge in [-0.05, 0) is 36.6 Å². The number of hydrogen-bond acceptors (Lipinski definition) is 6. The van der Waals surface area contributed by atoms with Crippen LogP contribution in [0.3, 0.4) is 0 Å².